The Morgan fingerprint density at radius 3 is 1.45 bits per heavy atom. The summed E-state index contributed by atoms with van der Waals surface area (Å²) in [6.07, 6.45) is 13.2. The molecule has 6 N–H and O–H groups in total. The number of thiophene rings is 1. The predicted molar refractivity (Wildman–Crippen MR) is 386 cm³/mol. The lowest BCUT2D eigenvalue weighted by atomic mass is 10.2. The third-order valence-corrected chi connectivity index (χ3v) is 18.2. The van der Waals surface area contributed by atoms with Gasteiger partial charge in [-0.15, -0.1) is 11.3 Å². The Bertz CT molecular complexity index is 4830. The van der Waals surface area contributed by atoms with E-state index in [0.717, 1.165) is 157 Å². The van der Waals surface area contributed by atoms with Crippen LogP contribution in [0.3, 0.4) is 0 Å². The van der Waals surface area contributed by atoms with Crippen LogP contribution in [0.4, 0.5) is 34.9 Å². The van der Waals surface area contributed by atoms with Gasteiger partial charge in [0, 0.05) is 158 Å². The van der Waals surface area contributed by atoms with Gasteiger partial charge in [0.2, 0.25) is 17.8 Å². The van der Waals surface area contributed by atoms with Gasteiger partial charge in [-0.3, -0.25) is 34.2 Å². The number of carbonyl (C=O) groups excluding carboxylic acids is 3. The minimum Gasteiger partial charge on any atom is -0.497 e. The Hall–Kier alpha value is -11.5. The van der Waals surface area contributed by atoms with Gasteiger partial charge >= 0.3 is 0 Å². The third-order valence-electron chi connectivity index (χ3n) is 17.1. The van der Waals surface area contributed by atoms with Crippen LogP contribution in [0.5, 0.6) is 17.2 Å². The van der Waals surface area contributed by atoms with E-state index in [-0.39, 0.29) is 17.7 Å². The normalized spacial score (nSPS) is 14.0. The van der Waals surface area contributed by atoms with Crippen molar-refractivity contribution in [2.24, 2.45) is 0 Å². The number of anilines is 6. The molecule has 15 rings (SSSR count). The highest BCUT2D eigenvalue weighted by Crippen LogP contribution is 2.32. The Labute approximate surface area is 580 Å². The molecule has 0 aliphatic carbocycles. The maximum Gasteiger partial charge on any atom is 0.270 e. The van der Waals surface area contributed by atoms with Crippen molar-refractivity contribution in [1.29, 1.82) is 0 Å². The number of ether oxygens (including phenoxy) is 4. The SMILES string of the molecule is COc1ccnc(-c2ccnc(Nc3ccc4[nH]c(C(=O)N5CCCC5)cc4c3)n2)c1.COc1ccnc(-c2ccnc(Nc3ccc4[nH]c(C(=O)NCCCN5CCOCC5)cc4c3)n2)c1.COc1ccnc(-c2ccnc(Nc3ccc4sc(C(=O)N5CCN(C)CC5)cc4c3)n2)c1. The number of benzene rings is 3. The number of pyridine rings is 3. The lowest BCUT2D eigenvalue weighted by Gasteiger charge is -2.32. The van der Waals surface area contributed by atoms with Crippen molar-refractivity contribution in [2.75, 3.05) is 123 Å². The number of fused-ring (bicyclic) bond motifs is 3. The fourth-order valence-corrected chi connectivity index (χ4v) is 12.7. The van der Waals surface area contributed by atoms with Crippen molar-refractivity contribution in [3.8, 4) is 51.4 Å². The minimum atomic E-state index is -0.107. The number of nitrogens with one attached hydrogen (secondary N) is 6. The van der Waals surface area contributed by atoms with Gasteiger partial charge in [-0.2, -0.15) is 0 Å². The van der Waals surface area contributed by atoms with Gasteiger partial charge in [-0.25, -0.2) is 29.9 Å². The second kappa shape index (κ2) is 31.8. The zero-order chi connectivity index (χ0) is 68.7. The highest BCUT2D eigenvalue weighted by atomic mass is 32.1. The highest BCUT2D eigenvalue weighted by Gasteiger charge is 2.24. The van der Waals surface area contributed by atoms with Crippen LogP contribution in [0.2, 0.25) is 0 Å². The molecule has 0 radical (unpaired) electrons. The molecule has 3 aliphatic heterocycles. The van der Waals surface area contributed by atoms with E-state index in [1.807, 2.05) is 107 Å². The number of H-pyrrole nitrogens is 2. The largest absolute Gasteiger partial charge is 0.497 e. The number of piperazine rings is 1. The first-order chi connectivity index (χ1) is 49.0. The first-order valence-corrected chi connectivity index (χ1v) is 33.7. The van der Waals surface area contributed by atoms with E-state index in [1.54, 1.807) is 88.8 Å². The lowest BCUT2D eigenvalue weighted by Crippen LogP contribution is -2.46. The highest BCUT2D eigenvalue weighted by molar-refractivity contribution is 7.20. The van der Waals surface area contributed by atoms with Crippen molar-refractivity contribution in [3.05, 3.63) is 181 Å². The molecule has 0 atom stereocenters. The average molecular weight is 1360 g/mol. The molecule has 0 saturated carbocycles. The molecule has 0 unspecified atom stereocenters. The molecule has 3 saturated heterocycles. The fraction of sp³-hybridized carbons (Fsp3) is 0.260. The van der Waals surface area contributed by atoms with Crippen LogP contribution in [0.25, 0.3) is 66.1 Å². The second-order valence-electron chi connectivity index (χ2n) is 23.9. The quantitative estimate of drug-likeness (QED) is 0.0410. The molecule has 0 spiro atoms. The molecule has 100 heavy (non-hydrogen) atoms. The number of hydrogen-bond acceptors (Lipinski definition) is 22. The van der Waals surface area contributed by atoms with Gasteiger partial charge in [0.15, 0.2) is 0 Å². The van der Waals surface area contributed by atoms with E-state index in [4.69, 9.17) is 18.9 Å². The Kier molecular flexibility index (Phi) is 21.3. The molecule has 3 aromatic carbocycles. The van der Waals surface area contributed by atoms with Crippen LogP contribution in [-0.4, -0.2) is 199 Å². The molecule has 12 aromatic rings. The van der Waals surface area contributed by atoms with E-state index in [1.165, 1.54) is 11.3 Å². The number of likely N-dealkylation sites (N-methyl/N-ethyl adjacent to an activating group) is 1. The number of aromatic nitrogens is 11. The Balaban J connectivity index is 0.000000135. The van der Waals surface area contributed by atoms with Crippen LogP contribution in [0, 0.1) is 0 Å². The van der Waals surface area contributed by atoms with E-state index < -0.39 is 0 Å². The minimum absolute atomic E-state index is 0.0602. The van der Waals surface area contributed by atoms with E-state index in [0.29, 0.717) is 75.7 Å². The van der Waals surface area contributed by atoms with Gasteiger partial charge in [-0.1, -0.05) is 0 Å². The molecule has 3 fully saturated rings. The third kappa shape index (κ3) is 16.9. The van der Waals surface area contributed by atoms with Crippen molar-refractivity contribution >= 4 is 95.9 Å². The number of rotatable bonds is 19. The van der Waals surface area contributed by atoms with Gasteiger partial charge in [0.05, 0.1) is 73.6 Å². The molecule has 27 heteroatoms. The fourth-order valence-electron chi connectivity index (χ4n) is 11.7. The molecule has 12 heterocycles. The zero-order valence-electron chi connectivity index (χ0n) is 55.8. The standard InChI is InChI=1S/C26H29N7O3.C24H24N6O2S.C23H22N6O2/c1-35-20-5-8-27-23(17-20)22-6-9-29-26(32-22)30-19-3-4-21-18(15-19)16-24(31-21)25(34)28-7-2-10-33-11-13-36-14-12-33;1-29-9-11-30(12-10-29)23(31)22-14-16-13-17(3-4-21(16)33-22)27-24-26-8-6-19(28-24)20-15-18(32-2)5-7-25-20;1-31-17-6-8-24-20(14-17)19-7-9-25-23(28-19)26-16-4-5-18-15(12-16)13-21(27-18)22(30)29-10-2-3-11-29/h3-6,8-9,15-17,31H,2,7,10-14H2,1H3,(H,28,34)(H,29,30,32);3-8,13-15H,9-12H2,1-2H3,(H,26,27,28);4-9,12-14,27H,2-3,10-11H2,1H3,(H,25,26,28). The summed E-state index contributed by atoms with van der Waals surface area (Å²) in [5, 5.41) is 15.6. The maximum absolute atomic E-state index is 12.9. The smallest absolute Gasteiger partial charge is 0.270 e. The molecule has 3 aliphatic rings. The summed E-state index contributed by atoms with van der Waals surface area (Å²) in [5.74, 6) is 3.60. The number of methoxy groups -OCH3 is 3. The first-order valence-electron chi connectivity index (χ1n) is 32.9. The van der Waals surface area contributed by atoms with E-state index in [2.05, 4.69) is 92.9 Å². The van der Waals surface area contributed by atoms with Gasteiger partial charge < -0.3 is 64.9 Å². The average Bonchev–Trinajstić information content (AvgIpc) is 1.60. The number of carbonyl (C=O) groups is 3. The van der Waals surface area contributed by atoms with Gasteiger partial charge in [0.25, 0.3) is 17.7 Å². The van der Waals surface area contributed by atoms with Gasteiger partial charge in [-0.05, 0) is 147 Å². The summed E-state index contributed by atoms with van der Waals surface area (Å²) in [5.41, 5.74) is 9.65. The van der Waals surface area contributed by atoms with Crippen molar-refractivity contribution < 1.29 is 33.3 Å². The summed E-state index contributed by atoms with van der Waals surface area (Å²) in [6, 6.07) is 39.7. The number of nitrogens with zero attached hydrogens (tertiary/aromatic N) is 13. The number of hydrogen-bond donors (Lipinski definition) is 6. The molecular formula is C73H75N19O7S. The van der Waals surface area contributed by atoms with Crippen molar-refractivity contribution in [2.45, 2.75) is 19.3 Å². The summed E-state index contributed by atoms with van der Waals surface area (Å²) < 4.78 is 22.3. The van der Waals surface area contributed by atoms with Crippen LogP contribution in [0.1, 0.15) is 49.9 Å². The zero-order valence-corrected chi connectivity index (χ0v) is 56.6. The molecule has 510 valence electrons. The number of amides is 3. The monoisotopic (exact) mass is 1360 g/mol. The molecule has 26 nitrogen and oxygen atoms in total. The summed E-state index contributed by atoms with van der Waals surface area (Å²) in [6.45, 7) is 10.1. The van der Waals surface area contributed by atoms with Crippen LogP contribution in [-0.2, 0) is 4.74 Å². The molecule has 0 bridgehead atoms. The number of likely N-dealkylation sites (tertiary alicyclic amines) is 1. The second-order valence-corrected chi connectivity index (χ2v) is 25.0. The topological polar surface area (TPSA) is 297 Å². The predicted octanol–water partition coefficient (Wildman–Crippen LogP) is 11.1. The molecular weight excluding hydrogens is 1290 g/mol. The first kappa shape index (κ1) is 67.1. The van der Waals surface area contributed by atoms with Crippen molar-refractivity contribution in [1.82, 2.24) is 79.7 Å². The maximum atomic E-state index is 12.9. The summed E-state index contributed by atoms with van der Waals surface area (Å²) in [4.78, 5) is 93.7. The molecule has 9 aromatic heterocycles. The molecule has 3 amide bonds. The van der Waals surface area contributed by atoms with E-state index in [9.17, 15) is 14.4 Å². The Morgan fingerprint density at radius 2 is 0.940 bits per heavy atom. The van der Waals surface area contributed by atoms with E-state index >= 15 is 0 Å². The Morgan fingerprint density at radius 1 is 0.480 bits per heavy atom. The van der Waals surface area contributed by atoms with Crippen LogP contribution >= 0.6 is 11.3 Å². The number of morpholine rings is 1. The van der Waals surface area contributed by atoms with Crippen LogP contribution in [0.15, 0.2) is 165 Å². The number of aromatic amines is 2. The lowest BCUT2D eigenvalue weighted by molar-refractivity contribution is 0.0374. The van der Waals surface area contributed by atoms with Gasteiger partial charge in [0.1, 0.15) is 28.6 Å². The van der Waals surface area contributed by atoms with Crippen LogP contribution < -0.4 is 35.5 Å². The van der Waals surface area contributed by atoms with Crippen molar-refractivity contribution in [3.63, 3.8) is 0 Å². The summed E-state index contributed by atoms with van der Waals surface area (Å²) in [7, 11) is 6.94. The summed E-state index contributed by atoms with van der Waals surface area (Å²) >= 11 is 1.53.